The maximum atomic E-state index is 10.7. The standard InChI is InChI=1S/C17H28N2O2/c1-4-21-15-11-13(5-6-14(15)18)19-12-17(20)9-7-16(2,3)8-10-17/h5-6,11,19-20H,4,7-10,12,18H2,1-3H3. The number of aliphatic hydroxyl groups is 1. The summed E-state index contributed by atoms with van der Waals surface area (Å²) in [7, 11) is 0. The second-order valence-electron chi connectivity index (χ2n) is 6.93. The normalized spacial score (nSPS) is 20.0. The Labute approximate surface area is 127 Å². The molecule has 0 saturated heterocycles. The van der Waals surface area contributed by atoms with E-state index in [2.05, 4.69) is 19.2 Å². The zero-order valence-corrected chi connectivity index (χ0v) is 13.4. The van der Waals surface area contributed by atoms with Gasteiger partial charge in [-0.2, -0.15) is 0 Å². The minimum Gasteiger partial charge on any atom is -0.492 e. The molecule has 4 N–H and O–H groups in total. The van der Waals surface area contributed by atoms with Crippen molar-refractivity contribution >= 4 is 11.4 Å². The molecule has 2 rings (SSSR count). The zero-order chi connectivity index (χ0) is 15.5. The Kier molecular flexibility index (Phi) is 4.67. The topological polar surface area (TPSA) is 67.5 Å². The highest BCUT2D eigenvalue weighted by Gasteiger charge is 2.36. The van der Waals surface area contributed by atoms with E-state index < -0.39 is 5.60 Å². The van der Waals surface area contributed by atoms with Crippen LogP contribution in [-0.2, 0) is 0 Å². The second-order valence-corrected chi connectivity index (χ2v) is 6.93. The lowest BCUT2D eigenvalue weighted by atomic mass is 9.71. The van der Waals surface area contributed by atoms with Gasteiger partial charge in [0.25, 0.3) is 0 Å². The predicted molar refractivity (Wildman–Crippen MR) is 87.7 cm³/mol. The fourth-order valence-electron chi connectivity index (χ4n) is 2.76. The molecular weight excluding hydrogens is 264 g/mol. The molecule has 1 aliphatic rings. The predicted octanol–water partition coefficient (Wildman–Crippen LogP) is 3.41. The molecule has 0 atom stereocenters. The first-order valence-electron chi connectivity index (χ1n) is 7.82. The maximum absolute atomic E-state index is 10.7. The zero-order valence-electron chi connectivity index (χ0n) is 13.4. The van der Waals surface area contributed by atoms with Gasteiger partial charge in [-0.3, -0.25) is 0 Å². The molecule has 1 fully saturated rings. The Morgan fingerprint density at radius 3 is 2.52 bits per heavy atom. The van der Waals surface area contributed by atoms with Crippen molar-refractivity contribution in [2.45, 2.75) is 52.1 Å². The van der Waals surface area contributed by atoms with Crippen molar-refractivity contribution in [3.8, 4) is 5.75 Å². The molecule has 4 nitrogen and oxygen atoms in total. The molecule has 0 unspecified atom stereocenters. The molecule has 0 bridgehead atoms. The van der Waals surface area contributed by atoms with Gasteiger partial charge in [0.05, 0.1) is 17.9 Å². The smallest absolute Gasteiger partial charge is 0.144 e. The van der Waals surface area contributed by atoms with Crippen molar-refractivity contribution in [1.82, 2.24) is 0 Å². The summed E-state index contributed by atoms with van der Waals surface area (Å²) in [5.41, 5.74) is 7.19. The van der Waals surface area contributed by atoms with Crippen molar-refractivity contribution in [2.24, 2.45) is 5.41 Å². The van der Waals surface area contributed by atoms with Crippen LogP contribution in [0.5, 0.6) is 5.75 Å². The molecule has 0 heterocycles. The van der Waals surface area contributed by atoms with Crippen LogP contribution in [0.15, 0.2) is 18.2 Å². The Morgan fingerprint density at radius 2 is 1.90 bits per heavy atom. The Balaban J connectivity index is 1.95. The maximum Gasteiger partial charge on any atom is 0.144 e. The van der Waals surface area contributed by atoms with Crippen LogP contribution in [0.2, 0.25) is 0 Å². The monoisotopic (exact) mass is 292 g/mol. The van der Waals surface area contributed by atoms with Crippen LogP contribution in [0.25, 0.3) is 0 Å². The molecule has 0 spiro atoms. The van der Waals surface area contributed by atoms with Crippen LogP contribution in [0.4, 0.5) is 11.4 Å². The lowest BCUT2D eigenvalue weighted by Gasteiger charge is -2.40. The minimum absolute atomic E-state index is 0.357. The quantitative estimate of drug-likeness (QED) is 0.728. The van der Waals surface area contributed by atoms with E-state index in [4.69, 9.17) is 10.5 Å². The van der Waals surface area contributed by atoms with Gasteiger partial charge in [0.1, 0.15) is 5.75 Å². The van der Waals surface area contributed by atoms with Crippen LogP contribution in [-0.4, -0.2) is 23.9 Å². The van der Waals surface area contributed by atoms with Crippen LogP contribution in [0.1, 0.15) is 46.5 Å². The SMILES string of the molecule is CCOc1cc(NCC2(O)CCC(C)(C)CC2)ccc1N. The summed E-state index contributed by atoms with van der Waals surface area (Å²) in [5.74, 6) is 0.694. The molecule has 0 aromatic heterocycles. The number of nitrogens with two attached hydrogens (primary N) is 1. The minimum atomic E-state index is -0.608. The van der Waals surface area contributed by atoms with Crippen molar-refractivity contribution < 1.29 is 9.84 Å². The van der Waals surface area contributed by atoms with Gasteiger partial charge in [-0.25, -0.2) is 0 Å². The van der Waals surface area contributed by atoms with E-state index in [9.17, 15) is 5.11 Å². The number of rotatable bonds is 5. The van der Waals surface area contributed by atoms with E-state index in [0.717, 1.165) is 31.4 Å². The van der Waals surface area contributed by atoms with Crippen molar-refractivity contribution in [3.05, 3.63) is 18.2 Å². The second kappa shape index (κ2) is 6.14. The molecule has 0 aliphatic heterocycles. The average molecular weight is 292 g/mol. The number of nitrogen functional groups attached to an aromatic ring is 1. The molecule has 0 amide bonds. The van der Waals surface area contributed by atoms with Gasteiger partial charge in [-0.1, -0.05) is 13.8 Å². The third kappa shape index (κ3) is 4.27. The number of hydrogen-bond donors (Lipinski definition) is 3. The first-order valence-corrected chi connectivity index (χ1v) is 7.82. The van der Waals surface area contributed by atoms with Crippen LogP contribution in [0, 0.1) is 5.41 Å². The molecule has 0 radical (unpaired) electrons. The van der Waals surface area contributed by atoms with E-state index in [0.29, 0.717) is 30.0 Å². The number of nitrogens with one attached hydrogen (secondary N) is 1. The molecule has 118 valence electrons. The average Bonchev–Trinajstić information content (AvgIpc) is 2.44. The van der Waals surface area contributed by atoms with Gasteiger partial charge in [-0.15, -0.1) is 0 Å². The van der Waals surface area contributed by atoms with Gasteiger partial charge in [0.15, 0.2) is 0 Å². The molecule has 21 heavy (non-hydrogen) atoms. The number of hydrogen-bond acceptors (Lipinski definition) is 4. The van der Waals surface area contributed by atoms with Gasteiger partial charge in [-0.05, 0) is 50.2 Å². The summed E-state index contributed by atoms with van der Waals surface area (Å²) in [5, 5.41) is 14.0. The molecule has 1 aromatic carbocycles. The molecule has 1 aromatic rings. The van der Waals surface area contributed by atoms with E-state index in [-0.39, 0.29) is 0 Å². The molecule has 4 heteroatoms. The fraction of sp³-hybridized carbons (Fsp3) is 0.647. The molecule has 1 saturated carbocycles. The van der Waals surface area contributed by atoms with Crippen LogP contribution >= 0.6 is 0 Å². The summed E-state index contributed by atoms with van der Waals surface area (Å²) in [6.45, 7) is 7.64. The van der Waals surface area contributed by atoms with Crippen molar-refractivity contribution in [2.75, 3.05) is 24.2 Å². The van der Waals surface area contributed by atoms with Crippen molar-refractivity contribution in [3.63, 3.8) is 0 Å². The largest absolute Gasteiger partial charge is 0.492 e. The van der Waals surface area contributed by atoms with E-state index >= 15 is 0 Å². The molecular formula is C17H28N2O2. The Hall–Kier alpha value is -1.42. The summed E-state index contributed by atoms with van der Waals surface area (Å²) in [6.07, 6.45) is 3.83. The van der Waals surface area contributed by atoms with Gasteiger partial charge >= 0.3 is 0 Å². The highest BCUT2D eigenvalue weighted by molar-refractivity contribution is 5.61. The summed E-state index contributed by atoms with van der Waals surface area (Å²) in [6, 6.07) is 5.66. The lowest BCUT2D eigenvalue weighted by molar-refractivity contribution is -0.0145. The van der Waals surface area contributed by atoms with E-state index in [1.807, 2.05) is 25.1 Å². The van der Waals surface area contributed by atoms with Gasteiger partial charge in [0.2, 0.25) is 0 Å². The van der Waals surface area contributed by atoms with E-state index in [1.165, 1.54) is 0 Å². The van der Waals surface area contributed by atoms with E-state index in [1.54, 1.807) is 0 Å². The third-order valence-corrected chi connectivity index (χ3v) is 4.47. The number of benzene rings is 1. The summed E-state index contributed by atoms with van der Waals surface area (Å²) in [4.78, 5) is 0. The Morgan fingerprint density at radius 1 is 1.24 bits per heavy atom. The first kappa shape index (κ1) is 16.0. The highest BCUT2D eigenvalue weighted by atomic mass is 16.5. The molecule has 1 aliphatic carbocycles. The lowest BCUT2D eigenvalue weighted by Crippen LogP contribution is -2.42. The number of ether oxygens (including phenoxy) is 1. The van der Waals surface area contributed by atoms with Crippen molar-refractivity contribution in [1.29, 1.82) is 0 Å². The Bertz CT molecular complexity index is 476. The summed E-state index contributed by atoms with van der Waals surface area (Å²) >= 11 is 0. The highest BCUT2D eigenvalue weighted by Crippen LogP contribution is 2.40. The van der Waals surface area contributed by atoms with Gasteiger partial charge in [0, 0.05) is 18.3 Å². The first-order chi connectivity index (χ1) is 9.84. The summed E-state index contributed by atoms with van der Waals surface area (Å²) < 4.78 is 5.49. The number of anilines is 2. The van der Waals surface area contributed by atoms with Crippen LogP contribution in [0.3, 0.4) is 0 Å². The van der Waals surface area contributed by atoms with Crippen LogP contribution < -0.4 is 15.8 Å². The fourth-order valence-corrected chi connectivity index (χ4v) is 2.76. The third-order valence-electron chi connectivity index (χ3n) is 4.47. The van der Waals surface area contributed by atoms with Gasteiger partial charge < -0.3 is 20.9 Å².